The molecule has 0 fully saturated rings. The summed E-state index contributed by atoms with van der Waals surface area (Å²) in [6.45, 7) is 6.82. The van der Waals surface area contributed by atoms with Gasteiger partial charge in [-0.3, -0.25) is 4.79 Å². The Morgan fingerprint density at radius 1 is 1.28 bits per heavy atom. The van der Waals surface area contributed by atoms with E-state index in [9.17, 15) is 4.79 Å². The highest BCUT2D eigenvalue weighted by Crippen LogP contribution is 2.29. The van der Waals surface area contributed by atoms with Gasteiger partial charge < -0.3 is 14.6 Å². The van der Waals surface area contributed by atoms with Crippen LogP contribution in [0.4, 0.5) is 0 Å². The maximum atomic E-state index is 10.6. The number of hydrogen-bond acceptors (Lipinski definition) is 3. The predicted octanol–water partition coefficient (Wildman–Crippen LogP) is 2.75. The van der Waals surface area contributed by atoms with Gasteiger partial charge in [0.1, 0.15) is 0 Å². The zero-order valence-electron chi connectivity index (χ0n) is 11.3. The molecule has 1 aromatic rings. The topological polar surface area (TPSA) is 55.8 Å². The summed E-state index contributed by atoms with van der Waals surface area (Å²) in [5, 5.41) is 8.74. The molecular weight excluding hydrogens is 232 g/mol. The molecule has 100 valence electrons. The van der Waals surface area contributed by atoms with Gasteiger partial charge in [-0.1, -0.05) is 26.8 Å². The zero-order valence-corrected chi connectivity index (χ0v) is 11.3. The van der Waals surface area contributed by atoms with Crippen molar-refractivity contribution < 1.29 is 19.4 Å². The molecule has 18 heavy (non-hydrogen) atoms. The van der Waals surface area contributed by atoms with Gasteiger partial charge >= 0.3 is 5.97 Å². The van der Waals surface area contributed by atoms with Crippen molar-refractivity contribution in [2.45, 2.75) is 27.2 Å². The first-order chi connectivity index (χ1) is 8.31. The summed E-state index contributed by atoms with van der Waals surface area (Å²) in [6.07, 6.45) is -0.0179. The minimum absolute atomic E-state index is 0.0179. The average Bonchev–Trinajstić information content (AvgIpc) is 2.25. The number of methoxy groups -OCH3 is 1. The molecule has 0 radical (unpaired) electrons. The molecule has 0 bridgehead atoms. The van der Waals surface area contributed by atoms with Gasteiger partial charge in [0.15, 0.2) is 11.5 Å². The molecule has 4 heteroatoms. The molecule has 0 aromatic heterocycles. The number of benzene rings is 1. The van der Waals surface area contributed by atoms with E-state index in [1.54, 1.807) is 25.3 Å². The normalized spacial score (nSPS) is 11.1. The van der Waals surface area contributed by atoms with Gasteiger partial charge in [-0.05, 0) is 23.1 Å². The molecule has 1 aromatic carbocycles. The lowest BCUT2D eigenvalue weighted by Gasteiger charge is -2.20. The Morgan fingerprint density at radius 2 is 1.94 bits per heavy atom. The Bertz CT molecular complexity index is 418. The molecule has 0 heterocycles. The lowest BCUT2D eigenvalue weighted by molar-refractivity contribution is -0.136. The maximum absolute atomic E-state index is 10.6. The number of carbonyl (C=O) groups is 1. The molecule has 0 atom stereocenters. The lowest BCUT2D eigenvalue weighted by Crippen LogP contribution is -2.17. The molecule has 0 saturated carbocycles. The summed E-state index contributed by atoms with van der Waals surface area (Å²) in [6, 6.07) is 5.20. The Hall–Kier alpha value is -1.71. The standard InChI is InChI=1S/C14H20O4/c1-14(2,3)9-18-11-6-5-10(8-13(15)16)7-12(11)17-4/h5-7H,8-9H2,1-4H3,(H,15,16). The highest BCUT2D eigenvalue weighted by atomic mass is 16.5. The number of carboxylic acid groups (broad SMARTS) is 1. The predicted molar refractivity (Wildman–Crippen MR) is 69.3 cm³/mol. The highest BCUT2D eigenvalue weighted by molar-refractivity contribution is 5.70. The Kier molecular flexibility index (Phi) is 4.59. The van der Waals surface area contributed by atoms with Crippen molar-refractivity contribution >= 4 is 5.97 Å². The quantitative estimate of drug-likeness (QED) is 0.875. The summed E-state index contributed by atoms with van der Waals surface area (Å²) >= 11 is 0. The molecule has 1 rings (SSSR count). The maximum Gasteiger partial charge on any atom is 0.307 e. The number of hydrogen-bond donors (Lipinski definition) is 1. The van der Waals surface area contributed by atoms with E-state index >= 15 is 0 Å². The van der Waals surface area contributed by atoms with Crippen LogP contribution in [0.25, 0.3) is 0 Å². The number of aliphatic carboxylic acids is 1. The van der Waals surface area contributed by atoms with Gasteiger partial charge in [0.05, 0.1) is 20.1 Å². The van der Waals surface area contributed by atoms with Gasteiger partial charge in [0, 0.05) is 0 Å². The third kappa shape index (κ3) is 4.65. The van der Waals surface area contributed by atoms with Crippen LogP contribution in [-0.2, 0) is 11.2 Å². The largest absolute Gasteiger partial charge is 0.493 e. The van der Waals surface area contributed by atoms with Crippen LogP contribution in [0, 0.1) is 5.41 Å². The Labute approximate surface area is 108 Å². The molecule has 0 aliphatic carbocycles. The molecule has 0 aliphatic heterocycles. The van der Waals surface area contributed by atoms with Crippen molar-refractivity contribution in [3.05, 3.63) is 23.8 Å². The van der Waals surface area contributed by atoms with E-state index in [0.29, 0.717) is 23.7 Å². The third-order valence-electron chi connectivity index (χ3n) is 2.24. The van der Waals surface area contributed by atoms with Crippen LogP contribution < -0.4 is 9.47 Å². The molecule has 4 nitrogen and oxygen atoms in total. The smallest absolute Gasteiger partial charge is 0.307 e. The lowest BCUT2D eigenvalue weighted by atomic mass is 9.99. The van der Waals surface area contributed by atoms with E-state index in [-0.39, 0.29) is 11.8 Å². The van der Waals surface area contributed by atoms with Crippen molar-refractivity contribution in [3.63, 3.8) is 0 Å². The van der Waals surface area contributed by atoms with E-state index in [1.807, 2.05) is 0 Å². The molecule has 0 aliphatic rings. The summed E-state index contributed by atoms with van der Waals surface area (Å²) in [7, 11) is 1.55. The van der Waals surface area contributed by atoms with E-state index < -0.39 is 5.97 Å². The van der Waals surface area contributed by atoms with Gasteiger partial charge in [-0.25, -0.2) is 0 Å². The minimum atomic E-state index is -0.861. The van der Waals surface area contributed by atoms with Crippen molar-refractivity contribution in [2.24, 2.45) is 5.41 Å². The number of rotatable bonds is 5. The number of ether oxygens (including phenoxy) is 2. The van der Waals surface area contributed by atoms with E-state index in [1.165, 1.54) is 0 Å². The molecule has 0 amide bonds. The first-order valence-corrected chi connectivity index (χ1v) is 5.83. The summed E-state index contributed by atoms with van der Waals surface area (Å²) in [5.41, 5.74) is 0.757. The van der Waals surface area contributed by atoms with Gasteiger partial charge in [0.2, 0.25) is 0 Å². The van der Waals surface area contributed by atoms with E-state index in [0.717, 1.165) is 0 Å². The van der Waals surface area contributed by atoms with Crippen LogP contribution in [0.15, 0.2) is 18.2 Å². The van der Waals surface area contributed by atoms with Crippen molar-refractivity contribution in [1.29, 1.82) is 0 Å². The van der Waals surface area contributed by atoms with Crippen LogP contribution in [0.1, 0.15) is 26.3 Å². The van der Waals surface area contributed by atoms with Crippen molar-refractivity contribution in [2.75, 3.05) is 13.7 Å². The van der Waals surface area contributed by atoms with Gasteiger partial charge in [0.25, 0.3) is 0 Å². The Morgan fingerprint density at radius 3 is 2.44 bits per heavy atom. The second-order valence-electron chi connectivity index (χ2n) is 5.41. The average molecular weight is 252 g/mol. The molecule has 0 spiro atoms. The minimum Gasteiger partial charge on any atom is -0.493 e. The molecule has 0 unspecified atom stereocenters. The van der Waals surface area contributed by atoms with Gasteiger partial charge in [-0.2, -0.15) is 0 Å². The summed E-state index contributed by atoms with van der Waals surface area (Å²) in [4.78, 5) is 10.6. The van der Waals surface area contributed by atoms with Crippen LogP contribution >= 0.6 is 0 Å². The van der Waals surface area contributed by atoms with Crippen LogP contribution in [0.2, 0.25) is 0 Å². The second-order valence-corrected chi connectivity index (χ2v) is 5.41. The molecular formula is C14H20O4. The summed E-state index contributed by atoms with van der Waals surface area (Å²) in [5.74, 6) is 0.347. The van der Waals surface area contributed by atoms with E-state index in [4.69, 9.17) is 14.6 Å². The SMILES string of the molecule is COc1cc(CC(=O)O)ccc1OCC(C)(C)C. The van der Waals surface area contributed by atoms with E-state index in [2.05, 4.69) is 20.8 Å². The first-order valence-electron chi connectivity index (χ1n) is 5.83. The van der Waals surface area contributed by atoms with Crippen molar-refractivity contribution in [1.82, 2.24) is 0 Å². The highest BCUT2D eigenvalue weighted by Gasteiger charge is 2.14. The van der Waals surface area contributed by atoms with Crippen molar-refractivity contribution in [3.8, 4) is 11.5 Å². The Balaban J connectivity index is 2.83. The van der Waals surface area contributed by atoms with Crippen LogP contribution in [-0.4, -0.2) is 24.8 Å². The molecule has 1 N–H and O–H groups in total. The van der Waals surface area contributed by atoms with Crippen LogP contribution in [0.5, 0.6) is 11.5 Å². The fourth-order valence-corrected chi connectivity index (χ4v) is 1.41. The fourth-order valence-electron chi connectivity index (χ4n) is 1.41. The molecule has 0 saturated heterocycles. The van der Waals surface area contributed by atoms with Crippen LogP contribution in [0.3, 0.4) is 0 Å². The third-order valence-corrected chi connectivity index (χ3v) is 2.24. The zero-order chi connectivity index (χ0) is 13.8. The monoisotopic (exact) mass is 252 g/mol. The summed E-state index contributed by atoms with van der Waals surface area (Å²) < 4.78 is 10.9. The first kappa shape index (κ1) is 14.4. The second kappa shape index (κ2) is 5.76. The fraction of sp³-hybridized carbons (Fsp3) is 0.500. The van der Waals surface area contributed by atoms with Gasteiger partial charge in [-0.15, -0.1) is 0 Å². The number of carboxylic acids is 1.